The number of amides is 1. The molecular weight excluding hydrogens is 216 g/mol. The molecule has 0 saturated carbocycles. The molecule has 1 rings (SSSR count). The van der Waals surface area contributed by atoms with Crippen molar-refractivity contribution in [2.45, 2.75) is 19.8 Å². The van der Waals surface area contributed by atoms with Gasteiger partial charge >= 0.3 is 0 Å². The van der Waals surface area contributed by atoms with Gasteiger partial charge in [-0.25, -0.2) is 5.84 Å². The lowest BCUT2D eigenvalue weighted by Gasteiger charge is -2.13. The number of unbranched alkanes of at least 4 members (excludes halogenated alkanes) is 1. The van der Waals surface area contributed by atoms with Gasteiger partial charge in [-0.2, -0.15) is 0 Å². The quantitative estimate of drug-likeness (QED) is 0.270. The molecule has 4 nitrogen and oxygen atoms in total. The van der Waals surface area contributed by atoms with Crippen LogP contribution in [0.2, 0.25) is 0 Å². The third kappa shape index (κ3) is 5.29. The number of rotatable bonds is 6. The predicted molar refractivity (Wildman–Crippen MR) is 67.4 cm³/mol. The lowest BCUT2D eigenvalue weighted by molar-refractivity contribution is -0.183. The molecule has 1 aromatic carbocycles. The van der Waals surface area contributed by atoms with Gasteiger partial charge in [0.1, 0.15) is 0 Å². The van der Waals surface area contributed by atoms with Crippen LogP contribution in [0.5, 0.6) is 0 Å². The van der Waals surface area contributed by atoms with Gasteiger partial charge in [-0.05, 0) is 18.1 Å². The van der Waals surface area contributed by atoms with Crippen LogP contribution in [-0.2, 0) is 9.63 Å². The molecule has 0 aliphatic rings. The summed E-state index contributed by atoms with van der Waals surface area (Å²) in [5, 5.41) is 0.773. The average molecular weight is 234 g/mol. The second kappa shape index (κ2) is 7.60. The Morgan fingerprint density at radius 1 is 1.41 bits per heavy atom. The van der Waals surface area contributed by atoms with Crippen molar-refractivity contribution in [2.75, 3.05) is 6.61 Å². The molecule has 0 aliphatic heterocycles. The summed E-state index contributed by atoms with van der Waals surface area (Å²) in [6.45, 7) is 2.50. The summed E-state index contributed by atoms with van der Waals surface area (Å²) in [6.07, 6.45) is 4.97. The summed E-state index contributed by atoms with van der Waals surface area (Å²) in [6, 6.07) is 9.54. The Morgan fingerprint density at radius 3 is 2.76 bits per heavy atom. The van der Waals surface area contributed by atoms with Gasteiger partial charge in [0.25, 0.3) is 5.91 Å². The van der Waals surface area contributed by atoms with Crippen molar-refractivity contribution < 1.29 is 9.63 Å². The summed E-state index contributed by atoms with van der Waals surface area (Å²) in [5.74, 6) is 5.06. The van der Waals surface area contributed by atoms with Crippen molar-refractivity contribution in [2.24, 2.45) is 5.84 Å². The van der Waals surface area contributed by atoms with Crippen LogP contribution in [0.25, 0.3) is 6.08 Å². The summed E-state index contributed by atoms with van der Waals surface area (Å²) in [7, 11) is 0. The van der Waals surface area contributed by atoms with E-state index in [2.05, 4.69) is 0 Å². The van der Waals surface area contributed by atoms with Crippen molar-refractivity contribution in [1.29, 1.82) is 0 Å². The van der Waals surface area contributed by atoms with Crippen molar-refractivity contribution >= 4 is 12.0 Å². The molecule has 0 aromatic heterocycles. The molecule has 4 heteroatoms. The van der Waals surface area contributed by atoms with Crippen LogP contribution in [-0.4, -0.2) is 17.7 Å². The predicted octanol–water partition coefficient (Wildman–Crippen LogP) is 2.13. The standard InChI is InChI=1S/C13H18N2O2/c1-2-3-11-17-15(14)13(16)10-9-12-7-5-4-6-8-12/h4-10H,2-3,11,14H2,1H3. The van der Waals surface area contributed by atoms with Crippen molar-refractivity contribution in [3.8, 4) is 0 Å². The average Bonchev–Trinajstić information content (AvgIpc) is 2.37. The third-order valence-electron chi connectivity index (χ3n) is 2.16. The molecule has 0 heterocycles. The van der Waals surface area contributed by atoms with Gasteiger partial charge in [-0.3, -0.25) is 9.63 Å². The Bertz CT molecular complexity index is 363. The first-order valence-electron chi connectivity index (χ1n) is 5.69. The first-order chi connectivity index (χ1) is 8.24. The van der Waals surface area contributed by atoms with E-state index in [0.29, 0.717) is 6.61 Å². The molecule has 0 unspecified atom stereocenters. The number of carbonyl (C=O) groups is 1. The molecule has 0 bridgehead atoms. The normalized spacial score (nSPS) is 10.7. The van der Waals surface area contributed by atoms with Crippen molar-refractivity contribution in [3.05, 3.63) is 42.0 Å². The Kier molecular flexibility index (Phi) is 5.99. The molecule has 17 heavy (non-hydrogen) atoms. The highest BCUT2D eigenvalue weighted by Crippen LogP contribution is 2.01. The van der Waals surface area contributed by atoms with E-state index in [1.807, 2.05) is 37.3 Å². The molecule has 1 amide bonds. The molecule has 0 radical (unpaired) electrons. The van der Waals surface area contributed by atoms with E-state index in [-0.39, 0.29) is 5.91 Å². The first kappa shape index (κ1) is 13.4. The zero-order valence-electron chi connectivity index (χ0n) is 10.0. The first-order valence-corrected chi connectivity index (χ1v) is 5.69. The molecule has 0 spiro atoms. The number of hydrazine groups is 1. The second-order valence-electron chi connectivity index (χ2n) is 3.59. The maximum Gasteiger partial charge on any atom is 0.285 e. The molecule has 1 aromatic rings. The summed E-state index contributed by atoms with van der Waals surface area (Å²) in [5.41, 5.74) is 0.947. The Labute approximate surface area is 102 Å². The molecule has 2 N–H and O–H groups in total. The zero-order valence-corrected chi connectivity index (χ0v) is 10.0. The van der Waals surface area contributed by atoms with Crippen molar-refractivity contribution in [1.82, 2.24) is 5.17 Å². The van der Waals surface area contributed by atoms with E-state index >= 15 is 0 Å². The van der Waals surface area contributed by atoms with Crippen LogP contribution in [0.4, 0.5) is 0 Å². The number of hydroxylamine groups is 1. The van der Waals surface area contributed by atoms with E-state index in [1.54, 1.807) is 6.08 Å². The Hall–Kier alpha value is -1.65. The van der Waals surface area contributed by atoms with Gasteiger partial charge in [0.05, 0.1) is 6.61 Å². The van der Waals surface area contributed by atoms with Gasteiger partial charge in [0, 0.05) is 6.08 Å². The molecule has 92 valence electrons. The van der Waals surface area contributed by atoms with Crippen LogP contribution >= 0.6 is 0 Å². The van der Waals surface area contributed by atoms with E-state index in [4.69, 9.17) is 10.7 Å². The minimum Gasteiger partial charge on any atom is -0.266 e. The van der Waals surface area contributed by atoms with Gasteiger partial charge in [-0.1, -0.05) is 43.7 Å². The van der Waals surface area contributed by atoms with Crippen molar-refractivity contribution in [3.63, 3.8) is 0 Å². The SMILES string of the molecule is CCCCON(N)C(=O)C=Cc1ccccc1. The Morgan fingerprint density at radius 2 is 2.12 bits per heavy atom. The number of hydrogen-bond acceptors (Lipinski definition) is 3. The maximum absolute atomic E-state index is 11.5. The lowest BCUT2D eigenvalue weighted by atomic mass is 10.2. The molecular formula is C13H18N2O2. The largest absolute Gasteiger partial charge is 0.285 e. The summed E-state index contributed by atoms with van der Waals surface area (Å²) >= 11 is 0. The third-order valence-corrected chi connectivity index (χ3v) is 2.16. The number of hydrogen-bond donors (Lipinski definition) is 1. The fourth-order valence-corrected chi connectivity index (χ4v) is 1.18. The summed E-state index contributed by atoms with van der Waals surface area (Å²) < 4.78 is 0. The van der Waals surface area contributed by atoms with E-state index < -0.39 is 0 Å². The fraction of sp³-hybridized carbons (Fsp3) is 0.308. The number of carbonyl (C=O) groups excluding carboxylic acids is 1. The minimum absolute atomic E-state index is 0.370. The fourth-order valence-electron chi connectivity index (χ4n) is 1.18. The number of nitrogens with two attached hydrogens (primary N) is 1. The second-order valence-corrected chi connectivity index (χ2v) is 3.59. The monoisotopic (exact) mass is 234 g/mol. The van der Waals surface area contributed by atoms with Gasteiger partial charge < -0.3 is 0 Å². The van der Waals surface area contributed by atoms with E-state index in [1.165, 1.54) is 6.08 Å². The molecule has 0 aliphatic carbocycles. The van der Waals surface area contributed by atoms with Crippen LogP contribution < -0.4 is 5.84 Å². The highest BCUT2D eigenvalue weighted by Gasteiger charge is 2.05. The molecule has 0 fully saturated rings. The number of benzene rings is 1. The van der Waals surface area contributed by atoms with Crippen LogP contribution in [0.3, 0.4) is 0 Å². The number of nitrogens with zero attached hydrogens (tertiary/aromatic N) is 1. The van der Waals surface area contributed by atoms with Crippen LogP contribution in [0, 0.1) is 0 Å². The minimum atomic E-state index is -0.370. The van der Waals surface area contributed by atoms with Gasteiger partial charge in [-0.15, -0.1) is 5.17 Å². The summed E-state index contributed by atoms with van der Waals surface area (Å²) in [4.78, 5) is 16.5. The highest BCUT2D eigenvalue weighted by atomic mass is 16.7. The zero-order chi connectivity index (χ0) is 12.5. The van der Waals surface area contributed by atoms with E-state index in [0.717, 1.165) is 23.6 Å². The lowest BCUT2D eigenvalue weighted by Crippen LogP contribution is -2.36. The molecule has 0 saturated heterocycles. The van der Waals surface area contributed by atoms with Gasteiger partial charge in [0.15, 0.2) is 0 Å². The van der Waals surface area contributed by atoms with Crippen LogP contribution in [0.15, 0.2) is 36.4 Å². The molecule has 0 atom stereocenters. The smallest absolute Gasteiger partial charge is 0.266 e. The van der Waals surface area contributed by atoms with E-state index in [9.17, 15) is 4.79 Å². The highest BCUT2D eigenvalue weighted by molar-refractivity contribution is 5.90. The van der Waals surface area contributed by atoms with Gasteiger partial charge in [0.2, 0.25) is 0 Å². The maximum atomic E-state index is 11.5. The Balaban J connectivity index is 2.40. The topological polar surface area (TPSA) is 55.6 Å². The van der Waals surface area contributed by atoms with Crippen LogP contribution in [0.1, 0.15) is 25.3 Å².